The summed E-state index contributed by atoms with van der Waals surface area (Å²) in [5, 5.41) is 2.86. The maximum absolute atomic E-state index is 12.2. The summed E-state index contributed by atoms with van der Waals surface area (Å²) in [7, 11) is 1.33. The fourth-order valence-corrected chi connectivity index (χ4v) is 2.76. The van der Waals surface area contributed by atoms with E-state index in [4.69, 9.17) is 51.1 Å². The van der Waals surface area contributed by atoms with E-state index in [1.54, 1.807) is 0 Å². The molecule has 0 aromatic heterocycles. The van der Waals surface area contributed by atoms with Crippen LogP contribution in [0.4, 0.5) is 0 Å². The van der Waals surface area contributed by atoms with Gasteiger partial charge >= 0.3 is 5.97 Å². The van der Waals surface area contributed by atoms with Crippen molar-refractivity contribution >= 4 is 58.3 Å². The first-order valence-corrected chi connectivity index (χ1v) is 10.2. The highest BCUT2D eigenvalue weighted by molar-refractivity contribution is 6.56. The third-order valence-corrected chi connectivity index (χ3v) is 4.18. The molecule has 4 nitrogen and oxygen atoms in total. The molecule has 2 unspecified atom stereocenters. The van der Waals surface area contributed by atoms with Gasteiger partial charge < -0.3 is 10.1 Å². The molecule has 0 aliphatic rings. The van der Waals surface area contributed by atoms with Crippen molar-refractivity contribution < 1.29 is 14.3 Å². The monoisotopic (exact) mass is 455 g/mol. The number of hydrogen-bond acceptors (Lipinski definition) is 3. The van der Waals surface area contributed by atoms with Gasteiger partial charge in [0, 0.05) is 25.5 Å². The van der Waals surface area contributed by atoms with E-state index in [1.807, 2.05) is 12.2 Å². The van der Waals surface area contributed by atoms with Crippen LogP contribution in [0.1, 0.15) is 45.4 Å². The number of amides is 1. The molecule has 0 radical (unpaired) electrons. The zero-order valence-corrected chi connectivity index (χ0v) is 18.5. The van der Waals surface area contributed by atoms with Gasteiger partial charge in [0.25, 0.3) is 0 Å². The number of alkyl halides is 2. The van der Waals surface area contributed by atoms with Crippen molar-refractivity contribution in [3.8, 4) is 11.8 Å². The van der Waals surface area contributed by atoms with Crippen molar-refractivity contribution in [3.05, 3.63) is 22.7 Å². The summed E-state index contributed by atoms with van der Waals surface area (Å²) in [6.07, 6.45) is 8.99. The van der Waals surface area contributed by atoms with Gasteiger partial charge in [-0.05, 0) is 32.1 Å². The first-order chi connectivity index (χ1) is 12.8. The molecule has 1 N–H and O–H groups in total. The van der Waals surface area contributed by atoms with Crippen molar-refractivity contribution in [2.75, 3.05) is 7.11 Å². The van der Waals surface area contributed by atoms with E-state index in [-0.39, 0.29) is 22.4 Å². The molecule has 8 heteroatoms. The molecule has 0 saturated heterocycles. The second kappa shape index (κ2) is 16.1. The highest BCUT2D eigenvalue weighted by Gasteiger charge is 2.28. The summed E-state index contributed by atoms with van der Waals surface area (Å²) in [6.45, 7) is 1.43. The SMILES string of the molecule is COC(=O)C(CCC#CC=C(Cl)Cl)C(CCC/C=C/CC(Cl)Cl)NC(C)=O. The van der Waals surface area contributed by atoms with E-state index in [9.17, 15) is 9.59 Å². The molecule has 0 aromatic carbocycles. The Morgan fingerprint density at radius 2 is 1.89 bits per heavy atom. The van der Waals surface area contributed by atoms with E-state index in [0.29, 0.717) is 25.7 Å². The fourth-order valence-electron chi connectivity index (χ4n) is 2.45. The molecule has 0 heterocycles. The lowest BCUT2D eigenvalue weighted by molar-refractivity contribution is -0.147. The predicted octanol–water partition coefficient (Wildman–Crippen LogP) is 5.30. The van der Waals surface area contributed by atoms with Crippen molar-refractivity contribution in [2.45, 2.75) is 56.3 Å². The Bertz CT molecular complexity index is 575. The van der Waals surface area contributed by atoms with Crippen molar-refractivity contribution in [1.82, 2.24) is 5.32 Å². The van der Waals surface area contributed by atoms with Crippen LogP contribution in [0.2, 0.25) is 0 Å². The molecule has 0 saturated carbocycles. The topological polar surface area (TPSA) is 55.4 Å². The number of hydrogen-bond donors (Lipinski definition) is 1. The number of rotatable bonds is 11. The summed E-state index contributed by atoms with van der Waals surface area (Å²) < 4.78 is 4.98. The number of unbranched alkanes of at least 4 members (excludes halogenated alkanes) is 1. The summed E-state index contributed by atoms with van der Waals surface area (Å²) in [5.41, 5.74) is 0. The smallest absolute Gasteiger partial charge is 0.310 e. The molecule has 2 atom stereocenters. The van der Waals surface area contributed by atoms with Crippen LogP contribution >= 0.6 is 46.4 Å². The van der Waals surface area contributed by atoms with Crippen molar-refractivity contribution in [2.24, 2.45) is 5.92 Å². The molecule has 0 bridgehead atoms. The van der Waals surface area contributed by atoms with E-state index in [0.717, 1.165) is 12.8 Å². The molecular weight excluding hydrogens is 432 g/mol. The van der Waals surface area contributed by atoms with Crippen LogP contribution in [0.25, 0.3) is 0 Å². The van der Waals surface area contributed by atoms with Crippen molar-refractivity contribution in [1.29, 1.82) is 0 Å². The minimum Gasteiger partial charge on any atom is -0.469 e. The van der Waals surface area contributed by atoms with Crippen LogP contribution in [-0.2, 0) is 14.3 Å². The largest absolute Gasteiger partial charge is 0.469 e. The average molecular weight is 457 g/mol. The number of nitrogens with one attached hydrogen (secondary N) is 1. The number of ether oxygens (including phenoxy) is 1. The van der Waals surface area contributed by atoms with E-state index in [2.05, 4.69) is 17.2 Å². The summed E-state index contributed by atoms with van der Waals surface area (Å²) in [6, 6.07) is -0.328. The zero-order chi connectivity index (χ0) is 20.7. The minimum atomic E-state index is -0.484. The fraction of sp³-hybridized carbons (Fsp3) is 0.579. The Morgan fingerprint density at radius 3 is 2.44 bits per heavy atom. The Morgan fingerprint density at radius 1 is 1.19 bits per heavy atom. The van der Waals surface area contributed by atoms with Crippen LogP contribution in [0.5, 0.6) is 0 Å². The lowest BCUT2D eigenvalue weighted by Crippen LogP contribution is -2.43. The van der Waals surface area contributed by atoms with Crippen LogP contribution in [-0.4, -0.2) is 29.9 Å². The lowest BCUT2D eigenvalue weighted by atomic mass is 9.90. The maximum Gasteiger partial charge on any atom is 0.310 e. The van der Waals surface area contributed by atoms with Gasteiger partial charge in [-0.2, -0.15) is 0 Å². The Balaban J connectivity index is 4.86. The van der Waals surface area contributed by atoms with Gasteiger partial charge in [-0.1, -0.05) is 47.2 Å². The Labute approximate surface area is 181 Å². The number of allylic oxidation sites excluding steroid dienone is 3. The first-order valence-electron chi connectivity index (χ1n) is 8.55. The molecule has 0 aliphatic heterocycles. The third-order valence-electron chi connectivity index (χ3n) is 3.61. The highest BCUT2D eigenvalue weighted by atomic mass is 35.5. The van der Waals surface area contributed by atoms with Gasteiger partial charge in [-0.15, -0.1) is 23.2 Å². The lowest BCUT2D eigenvalue weighted by Gasteiger charge is -2.25. The predicted molar refractivity (Wildman–Crippen MR) is 113 cm³/mol. The average Bonchev–Trinajstić information content (AvgIpc) is 2.58. The molecule has 152 valence electrons. The number of esters is 1. The molecule has 0 aromatic rings. The Hall–Kier alpha value is -0.860. The number of carbonyl (C=O) groups excluding carboxylic acids is 2. The normalized spacial score (nSPS) is 12.9. The molecule has 1 amide bonds. The van der Waals surface area contributed by atoms with E-state index < -0.39 is 10.8 Å². The van der Waals surface area contributed by atoms with E-state index >= 15 is 0 Å². The van der Waals surface area contributed by atoms with Gasteiger partial charge in [0.05, 0.1) is 13.0 Å². The highest BCUT2D eigenvalue weighted by Crippen LogP contribution is 2.19. The molecule has 0 fully saturated rings. The van der Waals surface area contributed by atoms with E-state index in [1.165, 1.54) is 20.1 Å². The van der Waals surface area contributed by atoms with Gasteiger partial charge in [-0.3, -0.25) is 9.59 Å². The van der Waals surface area contributed by atoms with Gasteiger partial charge in [0.2, 0.25) is 5.91 Å². The molecule has 27 heavy (non-hydrogen) atoms. The number of halogens is 4. The third kappa shape index (κ3) is 14.8. The summed E-state index contributed by atoms with van der Waals surface area (Å²) in [5.74, 6) is 4.53. The molecule has 0 aliphatic carbocycles. The first kappa shape index (κ1) is 26.1. The van der Waals surface area contributed by atoms with Crippen LogP contribution in [0, 0.1) is 17.8 Å². The number of methoxy groups -OCH3 is 1. The maximum atomic E-state index is 12.2. The molecule has 0 spiro atoms. The van der Waals surface area contributed by atoms with Gasteiger partial charge in [-0.25, -0.2) is 0 Å². The minimum absolute atomic E-state index is 0.0749. The zero-order valence-electron chi connectivity index (χ0n) is 15.4. The molecule has 0 rings (SSSR count). The summed E-state index contributed by atoms with van der Waals surface area (Å²) >= 11 is 22.3. The quantitative estimate of drug-likeness (QED) is 0.151. The Kier molecular flexibility index (Phi) is 15.6. The van der Waals surface area contributed by atoms with Gasteiger partial charge in [0.1, 0.15) is 9.33 Å². The second-order valence-corrected chi connectivity index (χ2v) is 8.04. The van der Waals surface area contributed by atoms with Crippen LogP contribution in [0.15, 0.2) is 22.7 Å². The standard InChI is InChI=1S/C19H25Cl4NO3/c1-14(25)24-16(11-7-3-4-8-12-17(20)21)15(19(26)27-2)10-6-5-9-13-18(22)23/h4,8,13,15-17H,3,6-7,10-12H2,1-2H3,(H,24,25)/b8-4+. The van der Waals surface area contributed by atoms with Crippen molar-refractivity contribution in [3.63, 3.8) is 0 Å². The number of carbonyl (C=O) groups is 2. The van der Waals surface area contributed by atoms with Crippen LogP contribution < -0.4 is 5.32 Å². The second-order valence-electron chi connectivity index (χ2n) is 5.76. The summed E-state index contributed by atoms with van der Waals surface area (Å²) in [4.78, 5) is 23.3. The molecular formula is C19H25Cl4NO3. The van der Waals surface area contributed by atoms with Crippen LogP contribution in [0.3, 0.4) is 0 Å². The van der Waals surface area contributed by atoms with Gasteiger partial charge in [0.15, 0.2) is 0 Å².